The van der Waals surface area contributed by atoms with E-state index < -0.39 is 4.92 Å². The van der Waals surface area contributed by atoms with Gasteiger partial charge in [-0.15, -0.1) is 0 Å². The predicted molar refractivity (Wildman–Crippen MR) is 82.6 cm³/mol. The maximum atomic E-state index is 10.6. The first-order valence-electron chi connectivity index (χ1n) is 6.11. The molecular weight excluding hydrogens is 336 g/mol. The first-order valence-corrected chi connectivity index (χ1v) is 6.90. The average Bonchev–Trinajstić information content (AvgIpc) is 2.51. The maximum Gasteiger partial charge on any atom is 0.363 e. The average molecular weight is 345 g/mol. The van der Waals surface area contributed by atoms with E-state index in [2.05, 4.69) is 20.9 Å². The van der Waals surface area contributed by atoms with Gasteiger partial charge in [0.05, 0.1) is 4.47 Å². The molecule has 2 aromatic carbocycles. The summed E-state index contributed by atoms with van der Waals surface area (Å²) in [6.07, 6.45) is 1.33. The van der Waals surface area contributed by atoms with Crippen molar-refractivity contribution in [3.63, 3.8) is 0 Å². The zero-order valence-electron chi connectivity index (χ0n) is 10.7. The Bertz CT molecular complexity index is 819. The van der Waals surface area contributed by atoms with Crippen molar-refractivity contribution in [2.45, 2.75) is 0 Å². The number of hydrogen-bond acceptors (Lipinski definition) is 4. The molecule has 3 rings (SSSR count). The molecule has 0 atom stereocenters. The number of nitro groups is 1. The third-order valence-corrected chi connectivity index (χ3v) is 3.78. The van der Waals surface area contributed by atoms with Crippen LogP contribution in [0.1, 0.15) is 0 Å². The van der Waals surface area contributed by atoms with E-state index in [-0.39, 0.29) is 5.82 Å². The Balaban J connectivity index is 1.94. The molecule has 0 unspecified atom stereocenters. The topological polar surface area (TPSA) is 65.3 Å². The highest BCUT2D eigenvalue weighted by Crippen LogP contribution is 2.35. The molecule has 104 valence electrons. The number of rotatable bonds is 3. The Labute approximate surface area is 128 Å². The smallest absolute Gasteiger partial charge is 0.363 e. The minimum atomic E-state index is -0.546. The number of hydrogen-bond donors (Lipinski definition) is 0. The van der Waals surface area contributed by atoms with Crippen LogP contribution in [0, 0.1) is 10.1 Å². The van der Waals surface area contributed by atoms with Crippen molar-refractivity contribution in [3.05, 3.63) is 69.3 Å². The molecule has 3 aromatic rings. The van der Waals surface area contributed by atoms with E-state index in [1.165, 1.54) is 18.3 Å². The summed E-state index contributed by atoms with van der Waals surface area (Å²) in [5.41, 5.74) is 0. The number of fused-ring (bicyclic) bond motifs is 1. The van der Waals surface area contributed by atoms with Gasteiger partial charge in [0, 0.05) is 6.07 Å². The van der Waals surface area contributed by atoms with Crippen LogP contribution < -0.4 is 4.74 Å². The lowest BCUT2D eigenvalue weighted by molar-refractivity contribution is -0.389. The fraction of sp³-hybridized carbons (Fsp3) is 0. The Morgan fingerprint density at radius 3 is 2.62 bits per heavy atom. The van der Waals surface area contributed by atoms with Gasteiger partial charge in [-0.05, 0) is 48.7 Å². The van der Waals surface area contributed by atoms with Gasteiger partial charge in [-0.2, -0.15) is 0 Å². The molecule has 0 saturated carbocycles. The van der Waals surface area contributed by atoms with Gasteiger partial charge in [-0.25, -0.2) is 0 Å². The van der Waals surface area contributed by atoms with Gasteiger partial charge in [0.25, 0.3) is 0 Å². The molecular formula is C15H9BrN2O3. The van der Waals surface area contributed by atoms with Crippen molar-refractivity contribution in [1.82, 2.24) is 4.98 Å². The summed E-state index contributed by atoms with van der Waals surface area (Å²) in [6, 6.07) is 14.5. The van der Waals surface area contributed by atoms with E-state index in [0.29, 0.717) is 11.5 Å². The van der Waals surface area contributed by atoms with Crippen LogP contribution in [0.5, 0.6) is 11.5 Å². The van der Waals surface area contributed by atoms with E-state index in [0.717, 1.165) is 15.2 Å². The van der Waals surface area contributed by atoms with Gasteiger partial charge in [0.15, 0.2) is 11.9 Å². The first kappa shape index (κ1) is 13.5. The molecule has 0 saturated heterocycles. The molecule has 6 heteroatoms. The Morgan fingerprint density at radius 2 is 1.90 bits per heavy atom. The second-order valence-electron chi connectivity index (χ2n) is 4.31. The predicted octanol–water partition coefficient (Wildman–Crippen LogP) is 4.70. The highest BCUT2D eigenvalue weighted by Gasteiger charge is 2.10. The molecule has 0 aliphatic heterocycles. The third kappa shape index (κ3) is 2.71. The van der Waals surface area contributed by atoms with Crippen molar-refractivity contribution in [1.29, 1.82) is 0 Å². The summed E-state index contributed by atoms with van der Waals surface area (Å²) in [5, 5.41) is 12.7. The highest BCUT2D eigenvalue weighted by atomic mass is 79.9. The summed E-state index contributed by atoms with van der Waals surface area (Å²) in [6.45, 7) is 0. The molecule has 1 aromatic heterocycles. The lowest BCUT2D eigenvalue weighted by Crippen LogP contribution is -1.92. The van der Waals surface area contributed by atoms with Crippen molar-refractivity contribution < 1.29 is 9.66 Å². The normalized spacial score (nSPS) is 10.5. The molecule has 1 heterocycles. The summed E-state index contributed by atoms with van der Waals surface area (Å²) in [4.78, 5) is 13.7. The van der Waals surface area contributed by atoms with Gasteiger partial charge in [0.2, 0.25) is 0 Å². The fourth-order valence-electron chi connectivity index (χ4n) is 1.96. The molecule has 0 aliphatic rings. The Morgan fingerprint density at radius 1 is 1.10 bits per heavy atom. The molecule has 0 amide bonds. The van der Waals surface area contributed by atoms with Crippen LogP contribution in [0.15, 0.2) is 59.2 Å². The molecule has 0 aliphatic carbocycles. The van der Waals surface area contributed by atoms with Crippen molar-refractivity contribution >= 4 is 32.5 Å². The van der Waals surface area contributed by atoms with Crippen LogP contribution in [0.3, 0.4) is 0 Å². The highest BCUT2D eigenvalue weighted by molar-refractivity contribution is 9.10. The van der Waals surface area contributed by atoms with E-state index in [1.54, 1.807) is 0 Å². The van der Waals surface area contributed by atoms with Crippen LogP contribution in [0.2, 0.25) is 0 Å². The van der Waals surface area contributed by atoms with Crippen LogP contribution >= 0.6 is 15.9 Å². The van der Waals surface area contributed by atoms with Crippen LogP contribution in [0.25, 0.3) is 10.8 Å². The van der Waals surface area contributed by atoms with Gasteiger partial charge < -0.3 is 14.9 Å². The summed E-state index contributed by atoms with van der Waals surface area (Å²) < 4.78 is 6.55. The molecule has 0 bridgehead atoms. The minimum absolute atomic E-state index is 0.208. The van der Waals surface area contributed by atoms with Crippen molar-refractivity contribution in [2.24, 2.45) is 0 Å². The maximum absolute atomic E-state index is 10.6. The zero-order valence-corrected chi connectivity index (χ0v) is 12.3. The molecule has 0 radical (unpaired) electrons. The van der Waals surface area contributed by atoms with Crippen molar-refractivity contribution in [3.8, 4) is 11.5 Å². The number of nitrogens with zero attached hydrogens (tertiary/aromatic N) is 2. The van der Waals surface area contributed by atoms with Gasteiger partial charge in [0.1, 0.15) is 5.75 Å². The number of ether oxygens (including phenoxy) is 1. The standard InChI is InChI=1S/C15H9BrN2O3/c16-15-12-4-2-1-3-10(12)5-7-13(15)21-11-6-8-14(17-9-11)18(19)20/h1-9H. The minimum Gasteiger partial charge on any atom is -0.452 e. The lowest BCUT2D eigenvalue weighted by Gasteiger charge is -2.08. The van der Waals surface area contributed by atoms with Crippen LogP contribution in [-0.2, 0) is 0 Å². The van der Waals surface area contributed by atoms with E-state index in [1.807, 2.05) is 36.4 Å². The van der Waals surface area contributed by atoms with Crippen LogP contribution in [0.4, 0.5) is 5.82 Å². The first-order chi connectivity index (χ1) is 10.1. The summed E-state index contributed by atoms with van der Waals surface area (Å²) >= 11 is 3.52. The van der Waals surface area contributed by atoms with Crippen molar-refractivity contribution in [2.75, 3.05) is 0 Å². The van der Waals surface area contributed by atoms with Gasteiger partial charge >= 0.3 is 5.82 Å². The lowest BCUT2D eigenvalue weighted by atomic mass is 10.1. The number of halogens is 1. The largest absolute Gasteiger partial charge is 0.452 e. The van der Waals surface area contributed by atoms with Gasteiger partial charge in [-0.1, -0.05) is 30.3 Å². The second-order valence-corrected chi connectivity index (χ2v) is 5.10. The Kier molecular flexibility index (Phi) is 3.53. The third-order valence-electron chi connectivity index (χ3n) is 2.96. The SMILES string of the molecule is O=[N+]([O-])c1ccc(Oc2ccc3ccccc3c2Br)cn1. The molecule has 0 fully saturated rings. The van der Waals surface area contributed by atoms with E-state index in [9.17, 15) is 10.1 Å². The molecule has 5 nitrogen and oxygen atoms in total. The van der Waals surface area contributed by atoms with E-state index in [4.69, 9.17) is 4.74 Å². The molecule has 0 N–H and O–H groups in total. The summed E-state index contributed by atoms with van der Waals surface area (Å²) in [7, 11) is 0. The fourth-order valence-corrected chi connectivity index (χ4v) is 2.53. The number of benzene rings is 2. The molecule has 0 spiro atoms. The zero-order chi connectivity index (χ0) is 14.8. The van der Waals surface area contributed by atoms with Gasteiger partial charge in [-0.3, -0.25) is 0 Å². The molecule has 21 heavy (non-hydrogen) atoms. The number of aromatic nitrogens is 1. The second kappa shape index (κ2) is 5.49. The van der Waals surface area contributed by atoms with E-state index >= 15 is 0 Å². The monoisotopic (exact) mass is 344 g/mol. The quantitative estimate of drug-likeness (QED) is 0.510. The Hall–Kier alpha value is -2.47. The number of pyridine rings is 1. The van der Waals surface area contributed by atoms with Crippen LogP contribution in [-0.4, -0.2) is 9.91 Å². The summed E-state index contributed by atoms with van der Waals surface area (Å²) in [5.74, 6) is 0.862.